The van der Waals surface area contributed by atoms with Crippen molar-refractivity contribution in [1.82, 2.24) is 4.90 Å². The minimum atomic E-state index is -3.30. The molecule has 2 aromatic carbocycles. The van der Waals surface area contributed by atoms with Gasteiger partial charge in [-0.05, 0) is 36.4 Å². The summed E-state index contributed by atoms with van der Waals surface area (Å²) in [4.78, 5) is 4.52. The van der Waals surface area contributed by atoms with Gasteiger partial charge in [-0.2, -0.15) is 0 Å². The average Bonchev–Trinajstić information content (AvgIpc) is 2.73. The Labute approximate surface area is 178 Å². The maximum absolute atomic E-state index is 11.2. The number of β-amino-alcohol motifs (C(OH)–C–C–N with tert-alkyl or cyclic N) is 1. The van der Waals surface area contributed by atoms with Gasteiger partial charge in [-0.3, -0.25) is 9.62 Å². The third-order valence-corrected chi connectivity index (χ3v) is 5.47. The number of rotatable bonds is 9. The second-order valence-electron chi connectivity index (χ2n) is 7.32. The van der Waals surface area contributed by atoms with Gasteiger partial charge in [0.25, 0.3) is 0 Å². The predicted molar refractivity (Wildman–Crippen MR) is 118 cm³/mol. The van der Waals surface area contributed by atoms with E-state index in [-0.39, 0.29) is 6.61 Å². The van der Waals surface area contributed by atoms with Crippen molar-refractivity contribution in [1.29, 1.82) is 0 Å². The van der Waals surface area contributed by atoms with Crippen LogP contribution >= 0.6 is 0 Å². The van der Waals surface area contributed by atoms with Gasteiger partial charge in [0.2, 0.25) is 10.0 Å². The molecule has 0 aromatic heterocycles. The van der Waals surface area contributed by atoms with Crippen molar-refractivity contribution in [3.63, 3.8) is 0 Å². The number of anilines is 2. The van der Waals surface area contributed by atoms with Gasteiger partial charge in [0, 0.05) is 38.4 Å². The molecule has 0 aliphatic carbocycles. The molecule has 1 aliphatic heterocycles. The molecule has 1 saturated heterocycles. The zero-order valence-corrected chi connectivity index (χ0v) is 18.1. The van der Waals surface area contributed by atoms with Crippen molar-refractivity contribution in [2.24, 2.45) is 0 Å². The number of nitrogens with one attached hydrogen (secondary N) is 1. The summed E-state index contributed by atoms with van der Waals surface area (Å²) >= 11 is 0. The van der Waals surface area contributed by atoms with E-state index in [2.05, 4.69) is 20.6 Å². The van der Waals surface area contributed by atoms with E-state index in [1.807, 2.05) is 18.2 Å². The molecule has 0 amide bonds. The normalized spacial score (nSPS) is 16.2. The van der Waals surface area contributed by atoms with Gasteiger partial charge in [-0.15, -0.1) is 0 Å². The van der Waals surface area contributed by atoms with Crippen LogP contribution in [-0.4, -0.2) is 77.2 Å². The van der Waals surface area contributed by atoms with Crippen molar-refractivity contribution >= 4 is 21.4 Å². The summed E-state index contributed by atoms with van der Waals surface area (Å²) in [5, 5.41) is 10.3. The Bertz CT molecular complexity index is 912. The summed E-state index contributed by atoms with van der Waals surface area (Å²) in [6, 6.07) is 14.6. The maximum atomic E-state index is 11.2. The highest BCUT2D eigenvalue weighted by molar-refractivity contribution is 7.92. The molecule has 3 rings (SSSR count). The number of sulfonamides is 1. The molecule has 2 aromatic rings. The summed E-state index contributed by atoms with van der Waals surface area (Å²) < 4.78 is 35.9. The summed E-state index contributed by atoms with van der Waals surface area (Å²) in [6.45, 7) is 4.13. The Morgan fingerprint density at radius 3 is 2.37 bits per heavy atom. The van der Waals surface area contributed by atoms with Gasteiger partial charge in [0.15, 0.2) is 0 Å². The van der Waals surface area contributed by atoms with Crippen LogP contribution in [0.2, 0.25) is 0 Å². The molecule has 9 heteroatoms. The second kappa shape index (κ2) is 10.0. The van der Waals surface area contributed by atoms with Crippen LogP contribution in [0.3, 0.4) is 0 Å². The standard InChI is InChI=1S/C21H29N3O5S/c1-28-21-6-4-3-5-20(21)24-13-11-23(12-14-24)15-18(25)16-29-19-9-7-17(8-10-19)22-30(2,26)27/h3-10,18,22,25H,11-16H2,1-2H3/t18-/m1/s1. The molecule has 0 radical (unpaired) electrons. The number of hydrogen-bond acceptors (Lipinski definition) is 7. The van der Waals surface area contributed by atoms with Gasteiger partial charge in [-0.25, -0.2) is 8.42 Å². The van der Waals surface area contributed by atoms with E-state index in [1.165, 1.54) is 0 Å². The van der Waals surface area contributed by atoms with E-state index >= 15 is 0 Å². The van der Waals surface area contributed by atoms with Crippen molar-refractivity contribution in [2.45, 2.75) is 6.10 Å². The summed E-state index contributed by atoms with van der Waals surface area (Å²) in [5.41, 5.74) is 1.57. The Balaban J connectivity index is 1.42. The lowest BCUT2D eigenvalue weighted by molar-refractivity contribution is 0.0663. The van der Waals surface area contributed by atoms with Crippen molar-refractivity contribution in [3.05, 3.63) is 48.5 Å². The van der Waals surface area contributed by atoms with Gasteiger partial charge in [0.1, 0.15) is 24.2 Å². The summed E-state index contributed by atoms with van der Waals surface area (Å²) in [7, 11) is -1.62. The average molecular weight is 436 g/mol. The number of para-hydroxylation sites is 2. The largest absolute Gasteiger partial charge is 0.495 e. The lowest BCUT2D eigenvalue weighted by Gasteiger charge is -2.37. The monoisotopic (exact) mass is 435 g/mol. The maximum Gasteiger partial charge on any atom is 0.229 e. The number of benzene rings is 2. The zero-order valence-electron chi connectivity index (χ0n) is 17.3. The first-order valence-corrected chi connectivity index (χ1v) is 11.7. The van der Waals surface area contributed by atoms with Crippen LogP contribution in [0.15, 0.2) is 48.5 Å². The van der Waals surface area contributed by atoms with Crippen LogP contribution in [0.4, 0.5) is 11.4 Å². The predicted octanol–water partition coefficient (Wildman–Crippen LogP) is 1.63. The van der Waals surface area contributed by atoms with Crippen LogP contribution in [0.5, 0.6) is 11.5 Å². The fourth-order valence-corrected chi connectivity index (χ4v) is 4.00. The lowest BCUT2D eigenvalue weighted by Crippen LogP contribution is -2.49. The molecule has 2 N–H and O–H groups in total. The molecule has 0 saturated carbocycles. The minimum absolute atomic E-state index is 0.172. The molecule has 1 atom stereocenters. The number of aliphatic hydroxyl groups is 1. The van der Waals surface area contributed by atoms with E-state index in [1.54, 1.807) is 31.4 Å². The molecule has 0 bridgehead atoms. The van der Waals surface area contributed by atoms with Gasteiger partial charge in [0.05, 0.1) is 19.1 Å². The first kappa shape index (κ1) is 22.2. The Morgan fingerprint density at radius 1 is 1.07 bits per heavy atom. The van der Waals surface area contributed by atoms with Gasteiger partial charge < -0.3 is 19.5 Å². The van der Waals surface area contributed by atoms with Gasteiger partial charge >= 0.3 is 0 Å². The molecule has 164 valence electrons. The molecule has 1 aliphatic rings. The van der Waals surface area contributed by atoms with Crippen LogP contribution in [-0.2, 0) is 10.0 Å². The molecular weight excluding hydrogens is 406 g/mol. The molecule has 1 fully saturated rings. The van der Waals surface area contributed by atoms with Crippen molar-refractivity contribution in [2.75, 3.05) is 62.3 Å². The number of aliphatic hydroxyl groups excluding tert-OH is 1. The summed E-state index contributed by atoms with van der Waals surface area (Å²) in [5.74, 6) is 1.45. The molecular formula is C21H29N3O5S. The smallest absolute Gasteiger partial charge is 0.229 e. The van der Waals surface area contributed by atoms with Crippen molar-refractivity contribution in [3.8, 4) is 11.5 Å². The quantitative estimate of drug-likeness (QED) is 0.619. The fourth-order valence-electron chi connectivity index (χ4n) is 3.44. The minimum Gasteiger partial charge on any atom is -0.495 e. The number of methoxy groups -OCH3 is 1. The van der Waals surface area contributed by atoms with Crippen LogP contribution < -0.4 is 19.1 Å². The molecule has 30 heavy (non-hydrogen) atoms. The highest BCUT2D eigenvalue weighted by Gasteiger charge is 2.21. The topological polar surface area (TPSA) is 91.3 Å². The van der Waals surface area contributed by atoms with E-state index in [4.69, 9.17) is 9.47 Å². The highest BCUT2D eigenvalue weighted by Crippen LogP contribution is 2.28. The zero-order chi connectivity index (χ0) is 21.6. The Kier molecular flexibility index (Phi) is 7.41. The number of ether oxygens (including phenoxy) is 2. The van der Waals surface area contributed by atoms with Crippen LogP contribution in [0, 0.1) is 0 Å². The van der Waals surface area contributed by atoms with Crippen molar-refractivity contribution < 1.29 is 23.0 Å². The fraction of sp³-hybridized carbons (Fsp3) is 0.429. The van der Waals surface area contributed by atoms with Crippen LogP contribution in [0.25, 0.3) is 0 Å². The third kappa shape index (κ3) is 6.51. The Morgan fingerprint density at radius 2 is 1.73 bits per heavy atom. The molecule has 1 heterocycles. The number of piperazine rings is 1. The first-order chi connectivity index (χ1) is 14.3. The number of nitrogens with zero attached hydrogens (tertiary/aromatic N) is 2. The molecule has 0 spiro atoms. The van der Waals surface area contributed by atoms with Gasteiger partial charge in [-0.1, -0.05) is 12.1 Å². The van der Waals surface area contributed by atoms with E-state index in [0.717, 1.165) is 43.9 Å². The van der Waals surface area contributed by atoms with E-state index in [0.29, 0.717) is 18.0 Å². The van der Waals surface area contributed by atoms with Crippen LogP contribution in [0.1, 0.15) is 0 Å². The SMILES string of the molecule is COc1ccccc1N1CCN(C[C@@H](O)COc2ccc(NS(C)(=O)=O)cc2)CC1. The second-order valence-corrected chi connectivity index (χ2v) is 9.07. The number of hydrogen-bond donors (Lipinski definition) is 2. The Hall–Kier alpha value is -2.49. The molecule has 8 nitrogen and oxygen atoms in total. The van der Waals surface area contributed by atoms with E-state index in [9.17, 15) is 13.5 Å². The lowest BCUT2D eigenvalue weighted by atomic mass is 10.2. The third-order valence-electron chi connectivity index (χ3n) is 4.87. The highest BCUT2D eigenvalue weighted by atomic mass is 32.2. The molecule has 0 unspecified atom stereocenters. The van der Waals surface area contributed by atoms with E-state index < -0.39 is 16.1 Å². The summed E-state index contributed by atoms with van der Waals surface area (Å²) in [6.07, 6.45) is 0.487. The first-order valence-electron chi connectivity index (χ1n) is 9.83.